The normalized spacial score (nSPS) is 11.3. The van der Waals surface area contributed by atoms with Gasteiger partial charge in [0.15, 0.2) is 5.65 Å². The highest BCUT2D eigenvalue weighted by Crippen LogP contribution is 2.19. The Balaban J connectivity index is 1.63. The van der Waals surface area contributed by atoms with Crippen molar-refractivity contribution in [2.75, 3.05) is 11.9 Å². The molecular weight excluding hydrogens is 326 g/mol. The molecule has 0 aliphatic carbocycles. The maximum Gasteiger partial charge on any atom is 0.347 e. The summed E-state index contributed by atoms with van der Waals surface area (Å²) in [7, 11) is 0. The van der Waals surface area contributed by atoms with Gasteiger partial charge in [-0.25, -0.2) is 14.3 Å². The number of halogens is 1. The Morgan fingerprint density at radius 3 is 3.00 bits per heavy atom. The van der Waals surface area contributed by atoms with E-state index < -0.39 is 0 Å². The number of nitrogens with zero attached hydrogens (tertiary/aromatic N) is 3. The van der Waals surface area contributed by atoms with Crippen LogP contribution >= 0.6 is 11.6 Å². The first kappa shape index (κ1) is 16.5. The summed E-state index contributed by atoms with van der Waals surface area (Å²) in [5, 5.41) is 10.2. The highest BCUT2D eigenvalue weighted by Gasteiger charge is 2.08. The van der Waals surface area contributed by atoms with E-state index in [4.69, 9.17) is 11.6 Å². The van der Waals surface area contributed by atoms with E-state index in [1.54, 1.807) is 12.3 Å². The molecule has 0 radical (unpaired) electrons. The topological polar surface area (TPSA) is 75.1 Å². The lowest BCUT2D eigenvalue weighted by Crippen LogP contribution is -2.10. The molecule has 126 valence electrons. The Morgan fingerprint density at radius 1 is 1.38 bits per heavy atom. The lowest BCUT2D eigenvalue weighted by atomic mass is 10.0. The van der Waals surface area contributed by atoms with Gasteiger partial charge in [-0.05, 0) is 42.5 Å². The molecule has 24 heavy (non-hydrogen) atoms. The Kier molecular flexibility index (Phi) is 4.85. The first-order valence-corrected chi connectivity index (χ1v) is 8.37. The number of aromatic nitrogens is 4. The van der Waals surface area contributed by atoms with Crippen LogP contribution in [0.3, 0.4) is 0 Å². The van der Waals surface area contributed by atoms with Crippen molar-refractivity contribution in [3.63, 3.8) is 0 Å². The maximum atomic E-state index is 11.6. The number of aryl methyl sites for hydroxylation is 1. The van der Waals surface area contributed by atoms with E-state index in [0.717, 1.165) is 30.8 Å². The van der Waals surface area contributed by atoms with E-state index in [-0.39, 0.29) is 5.69 Å². The fourth-order valence-electron chi connectivity index (χ4n) is 2.59. The van der Waals surface area contributed by atoms with Crippen LogP contribution in [0.4, 0.5) is 5.69 Å². The van der Waals surface area contributed by atoms with Gasteiger partial charge in [0.25, 0.3) is 0 Å². The second-order valence-electron chi connectivity index (χ2n) is 6.07. The number of pyridine rings is 2. The van der Waals surface area contributed by atoms with Crippen LogP contribution in [0.5, 0.6) is 0 Å². The number of fused-ring (bicyclic) bond motifs is 1. The van der Waals surface area contributed by atoms with Gasteiger partial charge in [-0.15, -0.1) is 0 Å². The quantitative estimate of drug-likeness (QED) is 0.672. The predicted molar refractivity (Wildman–Crippen MR) is 96.0 cm³/mol. The summed E-state index contributed by atoms with van der Waals surface area (Å²) in [4.78, 5) is 16.0. The van der Waals surface area contributed by atoms with Crippen LogP contribution in [0.15, 0.2) is 35.4 Å². The van der Waals surface area contributed by atoms with Crippen molar-refractivity contribution in [2.24, 2.45) is 0 Å². The van der Waals surface area contributed by atoms with E-state index in [1.165, 1.54) is 9.96 Å². The predicted octanol–water partition coefficient (Wildman–Crippen LogP) is 3.24. The Hall–Kier alpha value is -2.34. The summed E-state index contributed by atoms with van der Waals surface area (Å²) in [5.74, 6) is 0.431. The Bertz CT molecular complexity index is 899. The van der Waals surface area contributed by atoms with Crippen LogP contribution in [0.2, 0.25) is 5.02 Å². The van der Waals surface area contributed by atoms with Gasteiger partial charge >= 0.3 is 5.69 Å². The van der Waals surface area contributed by atoms with Crippen molar-refractivity contribution in [3.05, 3.63) is 57.4 Å². The highest BCUT2D eigenvalue weighted by molar-refractivity contribution is 6.30. The van der Waals surface area contributed by atoms with E-state index in [2.05, 4.69) is 46.5 Å². The van der Waals surface area contributed by atoms with E-state index in [1.807, 2.05) is 6.20 Å². The lowest BCUT2D eigenvalue weighted by Gasteiger charge is -2.09. The molecule has 0 saturated heterocycles. The van der Waals surface area contributed by atoms with Gasteiger partial charge in [-0.1, -0.05) is 25.4 Å². The number of H-pyrrole nitrogens is 1. The smallest absolute Gasteiger partial charge is 0.347 e. The van der Waals surface area contributed by atoms with Crippen molar-refractivity contribution < 1.29 is 0 Å². The molecule has 0 amide bonds. The fourth-order valence-corrected chi connectivity index (χ4v) is 2.80. The average molecular weight is 346 g/mol. The van der Waals surface area contributed by atoms with Crippen LogP contribution in [0, 0.1) is 0 Å². The number of nitrogens with one attached hydrogen (secondary N) is 2. The van der Waals surface area contributed by atoms with Gasteiger partial charge in [-0.3, -0.25) is 4.98 Å². The number of hydrogen-bond acceptors (Lipinski definition) is 4. The van der Waals surface area contributed by atoms with Gasteiger partial charge < -0.3 is 5.32 Å². The summed E-state index contributed by atoms with van der Waals surface area (Å²) >= 11 is 6.06. The third-order valence-corrected chi connectivity index (χ3v) is 4.08. The summed E-state index contributed by atoms with van der Waals surface area (Å²) in [6.07, 6.45) is 5.33. The monoisotopic (exact) mass is 345 g/mol. The molecular formula is C17H20ClN5O. The molecule has 0 fully saturated rings. The zero-order valence-corrected chi connectivity index (χ0v) is 14.5. The van der Waals surface area contributed by atoms with Crippen LogP contribution in [0.1, 0.15) is 37.4 Å². The minimum Gasteiger partial charge on any atom is -0.382 e. The minimum atomic E-state index is -0.298. The van der Waals surface area contributed by atoms with Crippen molar-refractivity contribution in [1.29, 1.82) is 0 Å². The minimum absolute atomic E-state index is 0.298. The van der Waals surface area contributed by atoms with Gasteiger partial charge in [-0.2, -0.15) is 5.10 Å². The average Bonchev–Trinajstić information content (AvgIpc) is 2.93. The molecule has 0 unspecified atom stereocenters. The molecule has 0 aliphatic rings. The summed E-state index contributed by atoms with van der Waals surface area (Å²) < 4.78 is 1.41. The molecule has 0 aliphatic heterocycles. The third-order valence-electron chi connectivity index (χ3n) is 3.87. The molecule has 6 nitrogen and oxygen atoms in total. The molecule has 3 aromatic heterocycles. The summed E-state index contributed by atoms with van der Waals surface area (Å²) in [5.41, 5.74) is 3.40. The largest absolute Gasteiger partial charge is 0.382 e. The third kappa shape index (κ3) is 3.59. The molecule has 0 aromatic carbocycles. The first-order valence-electron chi connectivity index (χ1n) is 7.99. The van der Waals surface area contributed by atoms with Gasteiger partial charge in [0.2, 0.25) is 0 Å². The second kappa shape index (κ2) is 7.05. The Labute approximate surface area is 144 Å². The summed E-state index contributed by atoms with van der Waals surface area (Å²) in [6, 6.07) is 5.99. The fraction of sp³-hybridized carbons (Fsp3) is 0.353. The second-order valence-corrected chi connectivity index (χ2v) is 6.50. The van der Waals surface area contributed by atoms with Crippen LogP contribution in [-0.2, 0) is 6.42 Å². The number of anilines is 1. The molecule has 3 heterocycles. The molecule has 3 rings (SSSR count). The number of rotatable bonds is 6. The van der Waals surface area contributed by atoms with Crippen molar-refractivity contribution >= 4 is 22.9 Å². The zero-order valence-electron chi connectivity index (χ0n) is 13.7. The van der Waals surface area contributed by atoms with E-state index >= 15 is 0 Å². The number of hydrogen-bond donors (Lipinski definition) is 2. The molecule has 0 saturated carbocycles. The van der Waals surface area contributed by atoms with Crippen molar-refractivity contribution in [3.8, 4) is 0 Å². The van der Waals surface area contributed by atoms with Crippen LogP contribution < -0.4 is 11.0 Å². The first-order chi connectivity index (χ1) is 11.5. The van der Waals surface area contributed by atoms with Crippen molar-refractivity contribution in [1.82, 2.24) is 19.6 Å². The van der Waals surface area contributed by atoms with Gasteiger partial charge in [0.05, 0.1) is 10.7 Å². The van der Waals surface area contributed by atoms with E-state index in [9.17, 15) is 4.79 Å². The zero-order chi connectivity index (χ0) is 17.1. The molecule has 2 N–H and O–H groups in total. The van der Waals surface area contributed by atoms with Crippen LogP contribution in [-0.4, -0.2) is 26.1 Å². The molecule has 0 bridgehead atoms. The SMILES string of the molecule is CC(C)c1cc(CCCNc2cc(Cl)cn3c(=O)[nH]nc23)ccn1. The lowest BCUT2D eigenvalue weighted by molar-refractivity contribution is 0.806. The molecule has 0 spiro atoms. The Morgan fingerprint density at radius 2 is 2.21 bits per heavy atom. The van der Waals surface area contributed by atoms with Crippen LogP contribution in [0.25, 0.3) is 5.65 Å². The summed E-state index contributed by atoms with van der Waals surface area (Å²) in [6.45, 7) is 5.05. The van der Waals surface area contributed by atoms with Gasteiger partial charge in [0, 0.05) is 24.6 Å². The van der Waals surface area contributed by atoms with Gasteiger partial charge in [0.1, 0.15) is 0 Å². The molecule has 3 aromatic rings. The highest BCUT2D eigenvalue weighted by atomic mass is 35.5. The standard InChI is InChI=1S/C17H20ClN5O/c1-11(2)14-8-12(5-7-20-14)4-3-6-19-15-9-13(18)10-23-16(15)21-22-17(23)24/h5,7-11,19H,3-4,6H2,1-2H3,(H,22,24). The number of aromatic amines is 1. The molecule has 7 heteroatoms. The maximum absolute atomic E-state index is 11.6. The molecule has 0 atom stereocenters. The van der Waals surface area contributed by atoms with Crippen molar-refractivity contribution in [2.45, 2.75) is 32.6 Å². The van der Waals surface area contributed by atoms with E-state index in [0.29, 0.717) is 16.6 Å².